The summed E-state index contributed by atoms with van der Waals surface area (Å²) in [6.07, 6.45) is 4.22. The molecule has 2 fully saturated rings. The van der Waals surface area contributed by atoms with Gasteiger partial charge in [-0.05, 0) is 25.5 Å². The predicted molar refractivity (Wildman–Crippen MR) is 111 cm³/mol. The number of rotatable bonds is 2. The number of urea groups is 1. The fraction of sp³-hybridized carbons (Fsp3) is 0.429. The van der Waals surface area contributed by atoms with Crippen LogP contribution in [0.25, 0.3) is 11.3 Å². The molecule has 5 heterocycles. The third-order valence-corrected chi connectivity index (χ3v) is 6.27. The summed E-state index contributed by atoms with van der Waals surface area (Å²) in [6.45, 7) is 4.20. The third kappa shape index (κ3) is 2.84. The number of nitrogens with one attached hydrogen (secondary N) is 2. The molecule has 2 aromatic heterocycles. The van der Waals surface area contributed by atoms with Crippen LogP contribution in [0.3, 0.4) is 0 Å². The van der Waals surface area contributed by atoms with Crippen molar-refractivity contribution in [1.82, 2.24) is 25.6 Å². The maximum atomic E-state index is 13.2. The highest BCUT2D eigenvalue weighted by Gasteiger charge is 2.63. The highest BCUT2D eigenvalue weighted by molar-refractivity contribution is 6.20. The van der Waals surface area contributed by atoms with Crippen molar-refractivity contribution in [3.63, 3.8) is 0 Å². The summed E-state index contributed by atoms with van der Waals surface area (Å²) in [5, 5.41) is 4.55. The standard InChI is InChI=1S/C21H22N6O5/c1-10-9-27-15(11(2)32-10)21(18(28)25-20(30)26-19(21)29)7-12-6-13(8-24-16(12)27)14-17(31-3)23-5-4-22-14/h4-6,8,10-11,15H,7,9H2,1-3H3,(H2,25,26,28,29,30)/t10-,11+,15-/m1/s1. The van der Waals surface area contributed by atoms with Crippen LogP contribution in [-0.4, -0.2) is 64.7 Å². The maximum Gasteiger partial charge on any atom is 0.328 e. The van der Waals surface area contributed by atoms with Crippen LogP contribution < -0.4 is 20.3 Å². The number of ether oxygens (including phenoxy) is 2. The van der Waals surface area contributed by atoms with Gasteiger partial charge in [-0.1, -0.05) is 0 Å². The quantitative estimate of drug-likeness (QED) is 0.640. The maximum absolute atomic E-state index is 13.2. The van der Waals surface area contributed by atoms with E-state index in [-0.39, 0.29) is 12.5 Å². The number of carbonyl (C=O) groups excluding carboxylic acids is 3. The lowest BCUT2D eigenvalue weighted by molar-refractivity contribution is -0.153. The Morgan fingerprint density at radius 3 is 2.56 bits per heavy atom. The van der Waals surface area contributed by atoms with Gasteiger partial charge in [0.1, 0.15) is 11.5 Å². The first kappa shape index (κ1) is 20.3. The molecule has 2 N–H and O–H groups in total. The highest BCUT2D eigenvalue weighted by Crippen LogP contribution is 2.46. The summed E-state index contributed by atoms with van der Waals surface area (Å²) >= 11 is 0. The van der Waals surface area contributed by atoms with Gasteiger partial charge in [-0.15, -0.1) is 0 Å². The Morgan fingerprint density at radius 2 is 1.84 bits per heavy atom. The van der Waals surface area contributed by atoms with E-state index in [1.165, 1.54) is 13.3 Å². The molecule has 166 valence electrons. The fourth-order valence-electron chi connectivity index (χ4n) is 5.10. The summed E-state index contributed by atoms with van der Waals surface area (Å²) in [5.74, 6) is -0.268. The highest BCUT2D eigenvalue weighted by atomic mass is 16.5. The molecule has 1 spiro atoms. The topological polar surface area (TPSA) is 136 Å². The lowest BCUT2D eigenvalue weighted by Crippen LogP contribution is -2.75. The van der Waals surface area contributed by atoms with Gasteiger partial charge in [-0.2, -0.15) is 0 Å². The van der Waals surface area contributed by atoms with E-state index in [0.29, 0.717) is 35.1 Å². The average molecular weight is 438 g/mol. The van der Waals surface area contributed by atoms with E-state index in [1.807, 2.05) is 24.8 Å². The van der Waals surface area contributed by atoms with Crippen LogP contribution >= 0.6 is 0 Å². The van der Waals surface area contributed by atoms with Crippen LogP contribution in [0.15, 0.2) is 24.7 Å². The van der Waals surface area contributed by atoms with Crippen molar-refractivity contribution in [2.45, 2.75) is 38.5 Å². The number of barbiturate groups is 1. The number of imide groups is 2. The van der Waals surface area contributed by atoms with Crippen molar-refractivity contribution in [2.24, 2.45) is 5.41 Å². The number of aromatic nitrogens is 3. The molecule has 3 aliphatic rings. The molecule has 0 saturated carbocycles. The molecule has 5 rings (SSSR count). The predicted octanol–water partition coefficient (Wildman–Crippen LogP) is 0.438. The van der Waals surface area contributed by atoms with Gasteiger partial charge < -0.3 is 14.4 Å². The smallest absolute Gasteiger partial charge is 0.328 e. The van der Waals surface area contributed by atoms with E-state index in [9.17, 15) is 14.4 Å². The summed E-state index contributed by atoms with van der Waals surface area (Å²) in [6, 6.07) is 0.398. The summed E-state index contributed by atoms with van der Waals surface area (Å²) in [4.78, 5) is 53.4. The molecule has 0 bridgehead atoms. The molecule has 3 atom stereocenters. The molecule has 0 radical (unpaired) electrons. The molecular formula is C21H22N6O5. The first-order valence-electron chi connectivity index (χ1n) is 10.3. The van der Waals surface area contributed by atoms with Crippen LogP contribution in [0.5, 0.6) is 5.88 Å². The Bertz CT molecular complexity index is 1120. The van der Waals surface area contributed by atoms with Crippen molar-refractivity contribution in [1.29, 1.82) is 0 Å². The zero-order valence-corrected chi connectivity index (χ0v) is 17.8. The van der Waals surface area contributed by atoms with Crippen LogP contribution in [0.2, 0.25) is 0 Å². The molecule has 2 aromatic rings. The first-order chi connectivity index (χ1) is 15.3. The number of nitrogens with zero attached hydrogens (tertiary/aromatic N) is 4. The van der Waals surface area contributed by atoms with Crippen LogP contribution in [0, 0.1) is 5.41 Å². The monoisotopic (exact) mass is 438 g/mol. The SMILES string of the molecule is COc1nccnc1-c1cnc2c(c1)CC1(C(=O)NC(=O)NC1=O)[C@H]1[C@H](C)O[C@H](C)CN21. The summed E-state index contributed by atoms with van der Waals surface area (Å²) < 4.78 is 11.3. The van der Waals surface area contributed by atoms with E-state index >= 15 is 0 Å². The van der Waals surface area contributed by atoms with Gasteiger partial charge in [-0.3, -0.25) is 20.2 Å². The fourth-order valence-corrected chi connectivity index (χ4v) is 5.10. The molecule has 11 heteroatoms. The molecule has 0 unspecified atom stereocenters. The number of pyridine rings is 1. The van der Waals surface area contributed by atoms with Crippen molar-refractivity contribution >= 4 is 23.7 Å². The Labute approximate surface area is 183 Å². The average Bonchev–Trinajstić information content (AvgIpc) is 2.76. The number of amides is 4. The van der Waals surface area contributed by atoms with E-state index in [1.54, 1.807) is 12.4 Å². The van der Waals surface area contributed by atoms with E-state index < -0.39 is 35.4 Å². The molecule has 0 aliphatic carbocycles. The van der Waals surface area contributed by atoms with Crippen molar-refractivity contribution < 1.29 is 23.9 Å². The van der Waals surface area contributed by atoms with Gasteiger partial charge in [0, 0.05) is 37.1 Å². The molecule has 32 heavy (non-hydrogen) atoms. The molecule has 11 nitrogen and oxygen atoms in total. The number of hydrogen-bond donors (Lipinski definition) is 2. The normalized spacial score (nSPS) is 26.2. The van der Waals surface area contributed by atoms with Crippen LogP contribution in [0.4, 0.5) is 10.6 Å². The first-order valence-corrected chi connectivity index (χ1v) is 10.3. The van der Waals surface area contributed by atoms with Gasteiger partial charge in [0.15, 0.2) is 5.41 Å². The number of morpholine rings is 1. The van der Waals surface area contributed by atoms with E-state index in [2.05, 4.69) is 25.6 Å². The largest absolute Gasteiger partial charge is 0.479 e. The Morgan fingerprint density at radius 1 is 1.12 bits per heavy atom. The minimum absolute atomic E-state index is 0.0555. The third-order valence-electron chi connectivity index (χ3n) is 6.27. The Kier molecular flexibility index (Phi) is 4.59. The Balaban J connectivity index is 1.68. The zero-order valence-electron chi connectivity index (χ0n) is 17.8. The molecule has 2 saturated heterocycles. The van der Waals surface area contributed by atoms with Gasteiger partial charge in [0.05, 0.1) is 25.4 Å². The molecule has 4 amide bonds. The number of methoxy groups -OCH3 is 1. The molecular weight excluding hydrogens is 416 g/mol. The molecule has 0 aromatic carbocycles. The lowest BCUT2D eigenvalue weighted by atomic mass is 9.67. The minimum Gasteiger partial charge on any atom is -0.479 e. The van der Waals surface area contributed by atoms with E-state index in [0.717, 1.165) is 0 Å². The van der Waals surface area contributed by atoms with Gasteiger partial charge in [0.2, 0.25) is 17.7 Å². The summed E-state index contributed by atoms with van der Waals surface area (Å²) in [5.41, 5.74) is 0.280. The lowest BCUT2D eigenvalue weighted by Gasteiger charge is -2.54. The van der Waals surface area contributed by atoms with Crippen molar-refractivity contribution in [3.8, 4) is 17.1 Å². The number of anilines is 1. The number of carbonyl (C=O) groups is 3. The summed E-state index contributed by atoms with van der Waals surface area (Å²) in [7, 11) is 1.50. The minimum atomic E-state index is -1.55. The second-order valence-corrected chi connectivity index (χ2v) is 8.26. The second-order valence-electron chi connectivity index (χ2n) is 8.26. The van der Waals surface area contributed by atoms with Gasteiger partial charge in [-0.25, -0.2) is 19.7 Å². The van der Waals surface area contributed by atoms with Gasteiger partial charge >= 0.3 is 6.03 Å². The van der Waals surface area contributed by atoms with Crippen LogP contribution in [0.1, 0.15) is 19.4 Å². The Hall–Kier alpha value is -3.60. The van der Waals surface area contributed by atoms with Gasteiger partial charge in [0.25, 0.3) is 0 Å². The van der Waals surface area contributed by atoms with Crippen LogP contribution in [-0.2, 0) is 20.7 Å². The zero-order chi connectivity index (χ0) is 22.6. The molecule has 3 aliphatic heterocycles. The second kappa shape index (κ2) is 7.23. The number of fused-ring (bicyclic) bond motifs is 4. The van der Waals surface area contributed by atoms with E-state index in [4.69, 9.17) is 9.47 Å². The van der Waals surface area contributed by atoms with Crippen molar-refractivity contribution in [2.75, 3.05) is 18.6 Å². The number of hydrogen-bond acceptors (Lipinski definition) is 9. The van der Waals surface area contributed by atoms with Crippen molar-refractivity contribution in [3.05, 3.63) is 30.2 Å².